The van der Waals surface area contributed by atoms with Crippen molar-refractivity contribution in [3.05, 3.63) is 0 Å². The van der Waals surface area contributed by atoms with Crippen LogP contribution in [0.15, 0.2) is 0 Å². The van der Waals surface area contributed by atoms with Gasteiger partial charge < -0.3 is 14.7 Å². The number of nitrogens with zero attached hydrogens (tertiary/aromatic N) is 1. The van der Waals surface area contributed by atoms with E-state index in [0.717, 1.165) is 19.3 Å². The lowest BCUT2D eigenvalue weighted by molar-refractivity contribution is -0.162. The molecule has 5 heteroatoms. The molecule has 0 aromatic carbocycles. The highest BCUT2D eigenvalue weighted by atomic mass is 16.5. The highest BCUT2D eigenvalue weighted by molar-refractivity contribution is 5.86. The summed E-state index contributed by atoms with van der Waals surface area (Å²) in [7, 11) is 0. The summed E-state index contributed by atoms with van der Waals surface area (Å²) < 4.78 is 5.58. The van der Waals surface area contributed by atoms with Crippen LogP contribution in [0, 0.1) is 5.41 Å². The summed E-state index contributed by atoms with van der Waals surface area (Å²) in [6, 6.07) is 0. The third-order valence-electron chi connectivity index (χ3n) is 4.67. The first-order valence-corrected chi connectivity index (χ1v) is 7.10. The Kier molecular flexibility index (Phi) is 3.85. The fraction of sp³-hybridized carbons (Fsp3) is 0.857. The summed E-state index contributed by atoms with van der Waals surface area (Å²) >= 11 is 0. The van der Waals surface area contributed by atoms with Crippen molar-refractivity contribution in [2.45, 2.75) is 51.6 Å². The third kappa shape index (κ3) is 2.48. The van der Waals surface area contributed by atoms with Gasteiger partial charge in [0.1, 0.15) is 5.60 Å². The van der Waals surface area contributed by atoms with Gasteiger partial charge in [-0.05, 0) is 39.0 Å². The molecule has 2 aliphatic rings. The quantitative estimate of drug-likeness (QED) is 0.846. The van der Waals surface area contributed by atoms with Crippen LogP contribution >= 0.6 is 0 Å². The second kappa shape index (κ2) is 5.12. The molecule has 5 nitrogen and oxygen atoms in total. The first kappa shape index (κ1) is 14.3. The molecule has 0 saturated carbocycles. The summed E-state index contributed by atoms with van der Waals surface area (Å²) in [5.74, 6) is -0.825. The van der Waals surface area contributed by atoms with Gasteiger partial charge in [-0.1, -0.05) is 6.92 Å². The molecule has 1 N–H and O–H groups in total. The Morgan fingerprint density at radius 2 is 2.05 bits per heavy atom. The van der Waals surface area contributed by atoms with Gasteiger partial charge in [-0.15, -0.1) is 0 Å². The van der Waals surface area contributed by atoms with Crippen LogP contribution in [0.4, 0.5) is 0 Å². The Hall–Kier alpha value is -1.10. The van der Waals surface area contributed by atoms with Gasteiger partial charge in [0, 0.05) is 19.7 Å². The first-order valence-electron chi connectivity index (χ1n) is 7.10. The molecule has 0 aromatic rings. The molecule has 2 unspecified atom stereocenters. The fourth-order valence-corrected chi connectivity index (χ4v) is 3.20. The zero-order chi connectivity index (χ0) is 14.1. The van der Waals surface area contributed by atoms with E-state index in [4.69, 9.17) is 4.74 Å². The predicted molar refractivity (Wildman–Crippen MR) is 69.8 cm³/mol. The molecule has 2 saturated heterocycles. The molecule has 108 valence electrons. The molecule has 2 aliphatic heterocycles. The van der Waals surface area contributed by atoms with E-state index in [-0.39, 0.29) is 5.91 Å². The number of amides is 1. The number of aliphatic carboxylic acids is 1. The van der Waals surface area contributed by atoms with Gasteiger partial charge in [0.25, 0.3) is 5.91 Å². The van der Waals surface area contributed by atoms with Crippen molar-refractivity contribution in [2.24, 2.45) is 5.41 Å². The third-order valence-corrected chi connectivity index (χ3v) is 4.67. The van der Waals surface area contributed by atoms with Crippen molar-refractivity contribution < 1.29 is 19.4 Å². The number of likely N-dealkylation sites (tertiary alicyclic amines) is 1. The van der Waals surface area contributed by atoms with E-state index >= 15 is 0 Å². The van der Waals surface area contributed by atoms with Gasteiger partial charge in [-0.2, -0.15) is 0 Å². The lowest BCUT2D eigenvalue weighted by atomic mass is 9.77. The number of piperidine rings is 1. The number of rotatable bonds is 3. The molecular formula is C14H23NO4. The van der Waals surface area contributed by atoms with Crippen LogP contribution in [0.2, 0.25) is 0 Å². The normalized spacial score (nSPS) is 35.4. The Morgan fingerprint density at radius 3 is 2.58 bits per heavy atom. The average Bonchev–Trinajstić information content (AvgIpc) is 2.86. The largest absolute Gasteiger partial charge is 0.481 e. The van der Waals surface area contributed by atoms with E-state index in [1.165, 1.54) is 0 Å². The maximum absolute atomic E-state index is 12.6. The minimum absolute atomic E-state index is 0.0382. The van der Waals surface area contributed by atoms with Gasteiger partial charge in [0.05, 0.1) is 5.41 Å². The molecule has 0 bridgehead atoms. The lowest BCUT2D eigenvalue weighted by Gasteiger charge is -2.41. The molecule has 2 rings (SSSR count). The number of hydrogen-bond donors (Lipinski definition) is 1. The number of carboxylic acids is 1. The minimum Gasteiger partial charge on any atom is -0.481 e. The van der Waals surface area contributed by atoms with Gasteiger partial charge in [-0.25, -0.2) is 0 Å². The summed E-state index contributed by atoms with van der Waals surface area (Å²) in [5, 5.41) is 9.45. The number of carbonyl (C=O) groups excluding carboxylic acids is 1. The van der Waals surface area contributed by atoms with E-state index in [9.17, 15) is 14.7 Å². The lowest BCUT2D eigenvalue weighted by Crippen LogP contribution is -2.55. The van der Waals surface area contributed by atoms with Crippen LogP contribution < -0.4 is 0 Å². The van der Waals surface area contributed by atoms with Gasteiger partial charge in [-0.3, -0.25) is 9.59 Å². The molecule has 0 radical (unpaired) electrons. The molecule has 2 fully saturated rings. The topological polar surface area (TPSA) is 66.8 Å². The summed E-state index contributed by atoms with van der Waals surface area (Å²) in [6.45, 7) is 5.29. The molecule has 2 atom stereocenters. The molecule has 1 amide bonds. The molecule has 2 heterocycles. The standard InChI is InChI=1S/C14H23NO4/c1-3-14(12(17)18)7-4-8-15(10-14)11(16)13(2)6-5-9-19-13/h3-10H2,1-2H3,(H,17,18). The Labute approximate surface area is 113 Å². The highest BCUT2D eigenvalue weighted by Gasteiger charge is 2.47. The second-order valence-electron chi connectivity index (χ2n) is 5.95. The second-order valence-corrected chi connectivity index (χ2v) is 5.95. The van der Waals surface area contributed by atoms with Crippen LogP contribution in [0.1, 0.15) is 46.0 Å². The number of ether oxygens (including phenoxy) is 1. The van der Waals surface area contributed by atoms with Crippen molar-refractivity contribution >= 4 is 11.9 Å². The van der Waals surface area contributed by atoms with Gasteiger partial charge in [0.2, 0.25) is 0 Å². The van der Waals surface area contributed by atoms with Crippen molar-refractivity contribution in [2.75, 3.05) is 19.7 Å². The average molecular weight is 269 g/mol. The van der Waals surface area contributed by atoms with E-state index in [0.29, 0.717) is 32.5 Å². The smallest absolute Gasteiger partial charge is 0.311 e. The first-order chi connectivity index (χ1) is 8.93. The maximum Gasteiger partial charge on any atom is 0.311 e. The Bertz CT molecular complexity index is 376. The summed E-state index contributed by atoms with van der Waals surface area (Å²) in [6.07, 6.45) is 3.59. The van der Waals surface area contributed by atoms with E-state index < -0.39 is 17.0 Å². The zero-order valence-electron chi connectivity index (χ0n) is 11.8. The van der Waals surface area contributed by atoms with E-state index in [1.54, 1.807) is 4.90 Å². The Balaban J connectivity index is 2.13. The number of hydrogen-bond acceptors (Lipinski definition) is 3. The van der Waals surface area contributed by atoms with Gasteiger partial charge in [0.15, 0.2) is 0 Å². The Morgan fingerprint density at radius 1 is 1.32 bits per heavy atom. The van der Waals surface area contributed by atoms with Crippen LogP contribution in [-0.2, 0) is 14.3 Å². The van der Waals surface area contributed by atoms with Crippen molar-refractivity contribution in [1.29, 1.82) is 0 Å². The minimum atomic E-state index is -0.787. The molecule has 19 heavy (non-hydrogen) atoms. The monoisotopic (exact) mass is 269 g/mol. The van der Waals surface area contributed by atoms with Crippen molar-refractivity contribution in [3.63, 3.8) is 0 Å². The predicted octanol–water partition coefficient (Wildman–Crippen LogP) is 1.66. The zero-order valence-corrected chi connectivity index (χ0v) is 11.8. The van der Waals surface area contributed by atoms with Crippen LogP contribution in [0.25, 0.3) is 0 Å². The van der Waals surface area contributed by atoms with Crippen LogP contribution in [0.5, 0.6) is 0 Å². The highest BCUT2D eigenvalue weighted by Crippen LogP contribution is 2.36. The van der Waals surface area contributed by atoms with E-state index in [1.807, 2.05) is 13.8 Å². The van der Waals surface area contributed by atoms with Crippen molar-refractivity contribution in [1.82, 2.24) is 4.90 Å². The van der Waals surface area contributed by atoms with Gasteiger partial charge >= 0.3 is 5.97 Å². The van der Waals surface area contributed by atoms with E-state index in [2.05, 4.69) is 0 Å². The molecule has 0 aromatic heterocycles. The SMILES string of the molecule is CCC1(C(=O)O)CCCN(C(=O)C2(C)CCCO2)C1. The van der Waals surface area contributed by atoms with Crippen LogP contribution in [-0.4, -0.2) is 47.2 Å². The molecule has 0 aliphatic carbocycles. The number of carboxylic acid groups (broad SMARTS) is 1. The summed E-state index contributed by atoms with van der Waals surface area (Å²) in [4.78, 5) is 25.8. The maximum atomic E-state index is 12.6. The molecule has 0 spiro atoms. The number of carbonyl (C=O) groups is 2. The fourth-order valence-electron chi connectivity index (χ4n) is 3.20. The summed E-state index contributed by atoms with van der Waals surface area (Å²) in [5.41, 5.74) is -1.52. The van der Waals surface area contributed by atoms with Crippen molar-refractivity contribution in [3.8, 4) is 0 Å². The van der Waals surface area contributed by atoms with Crippen LogP contribution in [0.3, 0.4) is 0 Å². The molecular weight excluding hydrogens is 246 g/mol.